The van der Waals surface area contributed by atoms with Crippen LogP contribution < -0.4 is 10.6 Å². The SMILES string of the molecule is Cc1cnc(CC(=O)Nc2ccccc2)cc1CCNCC(O)c1ccc(O)cc1. The van der Waals surface area contributed by atoms with Crippen molar-refractivity contribution < 1.29 is 15.0 Å². The van der Waals surface area contributed by atoms with Gasteiger partial charge in [-0.1, -0.05) is 30.3 Å². The van der Waals surface area contributed by atoms with Crippen LogP contribution >= 0.6 is 0 Å². The summed E-state index contributed by atoms with van der Waals surface area (Å²) in [6, 6.07) is 17.9. The van der Waals surface area contributed by atoms with E-state index in [9.17, 15) is 15.0 Å². The Hall–Kier alpha value is -3.22. The number of aromatic hydroxyl groups is 1. The zero-order chi connectivity index (χ0) is 21.3. The quantitative estimate of drug-likeness (QED) is 0.410. The molecule has 0 saturated carbocycles. The topological polar surface area (TPSA) is 94.5 Å². The van der Waals surface area contributed by atoms with Gasteiger partial charge >= 0.3 is 0 Å². The van der Waals surface area contributed by atoms with Crippen molar-refractivity contribution in [2.75, 3.05) is 18.4 Å². The zero-order valence-corrected chi connectivity index (χ0v) is 17.0. The predicted molar refractivity (Wildman–Crippen MR) is 117 cm³/mol. The van der Waals surface area contributed by atoms with E-state index in [-0.39, 0.29) is 18.1 Å². The van der Waals surface area contributed by atoms with Crippen LogP contribution in [0.1, 0.15) is 28.5 Å². The number of aryl methyl sites for hydroxylation is 1. The molecule has 30 heavy (non-hydrogen) atoms. The minimum absolute atomic E-state index is 0.0985. The highest BCUT2D eigenvalue weighted by Crippen LogP contribution is 2.16. The standard InChI is InChI=1S/C24H27N3O3/c1-17-15-26-21(14-24(30)27-20-5-3-2-4-6-20)13-19(17)11-12-25-16-23(29)18-7-9-22(28)10-8-18/h2-10,13,15,23,25,28-29H,11-12,14,16H2,1H3,(H,27,30). The van der Waals surface area contributed by atoms with E-state index in [1.807, 2.05) is 43.3 Å². The third-order valence-corrected chi connectivity index (χ3v) is 4.86. The second-order valence-electron chi connectivity index (χ2n) is 7.25. The molecule has 1 amide bonds. The van der Waals surface area contributed by atoms with Gasteiger partial charge in [-0.3, -0.25) is 9.78 Å². The molecule has 156 valence electrons. The van der Waals surface area contributed by atoms with Crippen molar-refractivity contribution in [1.29, 1.82) is 0 Å². The number of aromatic nitrogens is 1. The molecule has 6 nitrogen and oxygen atoms in total. The number of carbonyl (C=O) groups is 1. The summed E-state index contributed by atoms with van der Waals surface area (Å²) in [4.78, 5) is 16.6. The maximum atomic E-state index is 12.3. The maximum Gasteiger partial charge on any atom is 0.230 e. The summed E-state index contributed by atoms with van der Waals surface area (Å²) in [5.41, 5.74) is 4.45. The number of nitrogens with zero attached hydrogens (tertiary/aromatic N) is 1. The van der Waals surface area contributed by atoms with Gasteiger partial charge in [-0.05, 0) is 66.9 Å². The van der Waals surface area contributed by atoms with Crippen LogP contribution in [0.25, 0.3) is 0 Å². The van der Waals surface area contributed by atoms with Crippen molar-refractivity contribution in [3.05, 3.63) is 89.2 Å². The summed E-state index contributed by atoms with van der Waals surface area (Å²) in [5.74, 6) is 0.0824. The highest BCUT2D eigenvalue weighted by Gasteiger charge is 2.09. The molecule has 0 aliphatic carbocycles. The Morgan fingerprint density at radius 2 is 1.83 bits per heavy atom. The lowest BCUT2D eigenvalue weighted by atomic mass is 10.1. The van der Waals surface area contributed by atoms with Crippen LogP contribution in [-0.4, -0.2) is 34.2 Å². The molecular formula is C24H27N3O3. The molecule has 1 aromatic heterocycles. The molecule has 0 fully saturated rings. The first-order valence-electron chi connectivity index (χ1n) is 9.98. The molecule has 1 atom stereocenters. The normalized spacial score (nSPS) is 11.8. The minimum atomic E-state index is -0.638. The van der Waals surface area contributed by atoms with E-state index >= 15 is 0 Å². The fraction of sp³-hybridized carbons (Fsp3) is 0.250. The fourth-order valence-corrected chi connectivity index (χ4v) is 3.15. The molecule has 3 aromatic rings. The third-order valence-electron chi connectivity index (χ3n) is 4.86. The molecule has 1 heterocycles. The summed E-state index contributed by atoms with van der Waals surface area (Å²) < 4.78 is 0. The summed E-state index contributed by atoms with van der Waals surface area (Å²) in [5, 5.41) is 25.7. The van der Waals surface area contributed by atoms with Crippen LogP contribution in [0.3, 0.4) is 0 Å². The Morgan fingerprint density at radius 1 is 1.10 bits per heavy atom. The van der Waals surface area contributed by atoms with Crippen LogP contribution in [-0.2, 0) is 17.6 Å². The Bertz CT molecular complexity index is 959. The molecule has 0 aliphatic heterocycles. The molecule has 0 bridgehead atoms. The van der Waals surface area contributed by atoms with Gasteiger partial charge in [0.2, 0.25) is 5.91 Å². The number of aliphatic hydroxyl groups excluding tert-OH is 1. The number of hydrogen-bond donors (Lipinski definition) is 4. The monoisotopic (exact) mass is 405 g/mol. The second-order valence-corrected chi connectivity index (χ2v) is 7.25. The smallest absolute Gasteiger partial charge is 0.230 e. The van der Waals surface area contributed by atoms with Crippen LogP contribution in [0.4, 0.5) is 5.69 Å². The van der Waals surface area contributed by atoms with E-state index in [4.69, 9.17) is 0 Å². The van der Waals surface area contributed by atoms with Crippen molar-refractivity contribution in [3.8, 4) is 5.75 Å². The number of amides is 1. The number of benzene rings is 2. The van der Waals surface area contributed by atoms with E-state index in [0.29, 0.717) is 13.1 Å². The molecule has 2 aromatic carbocycles. The summed E-state index contributed by atoms with van der Waals surface area (Å²) in [6.45, 7) is 3.11. The van der Waals surface area contributed by atoms with Crippen LogP contribution in [0, 0.1) is 6.92 Å². The Kier molecular flexibility index (Phi) is 7.54. The first-order chi connectivity index (χ1) is 14.5. The number of phenols is 1. The fourth-order valence-electron chi connectivity index (χ4n) is 3.15. The first kappa shape index (κ1) is 21.5. The Morgan fingerprint density at radius 3 is 2.57 bits per heavy atom. The predicted octanol–water partition coefficient (Wildman–Crippen LogP) is 3.14. The number of carbonyl (C=O) groups excluding carboxylic acids is 1. The maximum absolute atomic E-state index is 12.3. The molecule has 0 spiro atoms. The lowest BCUT2D eigenvalue weighted by molar-refractivity contribution is -0.115. The highest BCUT2D eigenvalue weighted by atomic mass is 16.3. The number of hydrogen-bond acceptors (Lipinski definition) is 5. The van der Waals surface area contributed by atoms with Crippen molar-refractivity contribution in [2.45, 2.75) is 25.9 Å². The molecule has 6 heteroatoms. The second kappa shape index (κ2) is 10.5. The van der Waals surface area contributed by atoms with Gasteiger partial charge in [0, 0.05) is 24.1 Å². The van der Waals surface area contributed by atoms with Crippen molar-refractivity contribution in [1.82, 2.24) is 10.3 Å². The Balaban J connectivity index is 1.48. The van der Waals surface area contributed by atoms with E-state index in [2.05, 4.69) is 15.6 Å². The van der Waals surface area contributed by atoms with E-state index in [1.54, 1.807) is 30.5 Å². The number of anilines is 1. The van der Waals surface area contributed by atoms with Gasteiger partial charge in [-0.15, -0.1) is 0 Å². The average molecular weight is 405 g/mol. The van der Waals surface area contributed by atoms with Crippen molar-refractivity contribution in [2.24, 2.45) is 0 Å². The summed E-state index contributed by atoms with van der Waals surface area (Å²) in [6.07, 6.45) is 2.15. The van der Waals surface area contributed by atoms with Gasteiger partial charge in [0.15, 0.2) is 0 Å². The lowest BCUT2D eigenvalue weighted by Gasteiger charge is -2.13. The van der Waals surface area contributed by atoms with E-state index in [0.717, 1.165) is 34.5 Å². The van der Waals surface area contributed by atoms with Crippen LogP contribution in [0.2, 0.25) is 0 Å². The molecule has 0 aliphatic rings. The molecule has 3 rings (SSSR count). The van der Waals surface area contributed by atoms with Crippen LogP contribution in [0.5, 0.6) is 5.75 Å². The molecular weight excluding hydrogens is 378 g/mol. The summed E-state index contributed by atoms with van der Waals surface area (Å²) >= 11 is 0. The highest BCUT2D eigenvalue weighted by molar-refractivity contribution is 5.91. The molecule has 0 saturated heterocycles. The summed E-state index contributed by atoms with van der Waals surface area (Å²) in [7, 11) is 0. The van der Waals surface area contributed by atoms with E-state index < -0.39 is 6.10 Å². The van der Waals surface area contributed by atoms with Gasteiger partial charge in [0.05, 0.1) is 12.5 Å². The number of pyridine rings is 1. The number of nitrogens with one attached hydrogen (secondary N) is 2. The number of para-hydroxylation sites is 1. The van der Waals surface area contributed by atoms with Gasteiger partial charge in [-0.25, -0.2) is 0 Å². The minimum Gasteiger partial charge on any atom is -0.508 e. The number of phenolic OH excluding ortho intramolecular Hbond substituents is 1. The molecule has 4 N–H and O–H groups in total. The van der Waals surface area contributed by atoms with Gasteiger partial charge in [0.25, 0.3) is 0 Å². The number of aliphatic hydroxyl groups is 1. The van der Waals surface area contributed by atoms with Crippen LogP contribution in [0.15, 0.2) is 66.9 Å². The number of rotatable bonds is 9. The average Bonchev–Trinajstić information content (AvgIpc) is 2.74. The largest absolute Gasteiger partial charge is 0.508 e. The van der Waals surface area contributed by atoms with Gasteiger partial charge in [0.1, 0.15) is 5.75 Å². The van der Waals surface area contributed by atoms with Gasteiger partial charge < -0.3 is 20.8 Å². The third kappa shape index (κ3) is 6.40. The van der Waals surface area contributed by atoms with E-state index in [1.165, 1.54) is 0 Å². The molecule has 1 unspecified atom stereocenters. The zero-order valence-electron chi connectivity index (χ0n) is 17.0. The van der Waals surface area contributed by atoms with Gasteiger partial charge in [-0.2, -0.15) is 0 Å². The molecule has 0 radical (unpaired) electrons. The van der Waals surface area contributed by atoms with Crippen molar-refractivity contribution in [3.63, 3.8) is 0 Å². The lowest BCUT2D eigenvalue weighted by Crippen LogP contribution is -2.24. The Labute approximate surface area is 176 Å². The first-order valence-corrected chi connectivity index (χ1v) is 9.98. The van der Waals surface area contributed by atoms with Crippen molar-refractivity contribution >= 4 is 11.6 Å².